The molecule has 0 atom stereocenters. The van der Waals surface area contributed by atoms with E-state index in [1.54, 1.807) is 25.2 Å². The summed E-state index contributed by atoms with van der Waals surface area (Å²) in [6.45, 7) is 0. The van der Waals surface area contributed by atoms with Gasteiger partial charge in [-0.2, -0.15) is 0 Å². The first-order valence-electron chi connectivity index (χ1n) is 3.84. The van der Waals surface area contributed by atoms with Crippen molar-refractivity contribution in [3.63, 3.8) is 0 Å². The van der Waals surface area contributed by atoms with Crippen LogP contribution in [0.2, 0.25) is 0 Å². The number of benzene rings is 1. The number of hydrogen-bond donors (Lipinski definition) is 2. The van der Waals surface area contributed by atoms with Crippen molar-refractivity contribution in [2.75, 3.05) is 7.05 Å². The Hall–Kier alpha value is -1.91. The third kappa shape index (κ3) is 1.24. The Bertz CT molecular complexity index is 448. The van der Waals surface area contributed by atoms with Gasteiger partial charge in [0.05, 0.1) is 5.52 Å². The van der Waals surface area contributed by atoms with E-state index in [1.807, 2.05) is 0 Å². The van der Waals surface area contributed by atoms with Gasteiger partial charge in [-0.15, -0.1) is 5.10 Å². The molecule has 2 rings (SSSR count). The number of fused-ring (bicyclic) bond motifs is 1. The molecular formula is C8H8N4O. The summed E-state index contributed by atoms with van der Waals surface area (Å²) in [5, 5.41) is 12.7. The Morgan fingerprint density at radius 2 is 2.38 bits per heavy atom. The van der Waals surface area contributed by atoms with Crippen LogP contribution in [0.25, 0.3) is 11.0 Å². The van der Waals surface area contributed by atoms with Crippen LogP contribution in [0.15, 0.2) is 18.2 Å². The summed E-state index contributed by atoms with van der Waals surface area (Å²) < 4.78 is 0. The van der Waals surface area contributed by atoms with E-state index in [2.05, 4.69) is 20.7 Å². The zero-order chi connectivity index (χ0) is 9.26. The minimum atomic E-state index is -0.114. The van der Waals surface area contributed by atoms with Crippen molar-refractivity contribution in [1.29, 1.82) is 0 Å². The molecule has 5 nitrogen and oxygen atoms in total. The summed E-state index contributed by atoms with van der Waals surface area (Å²) in [6, 6.07) is 5.18. The van der Waals surface area contributed by atoms with Gasteiger partial charge in [0.25, 0.3) is 5.91 Å². The Morgan fingerprint density at radius 1 is 1.54 bits per heavy atom. The van der Waals surface area contributed by atoms with Crippen LogP contribution in [-0.2, 0) is 0 Å². The highest BCUT2D eigenvalue weighted by molar-refractivity contribution is 5.96. The number of hydrogen-bond acceptors (Lipinski definition) is 3. The van der Waals surface area contributed by atoms with E-state index in [1.165, 1.54) is 0 Å². The van der Waals surface area contributed by atoms with E-state index in [0.29, 0.717) is 5.56 Å². The van der Waals surface area contributed by atoms with Gasteiger partial charge in [-0.1, -0.05) is 5.21 Å². The molecule has 2 N–H and O–H groups in total. The summed E-state index contributed by atoms with van der Waals surface area (Å²) in [4.78, 5) is 11.2. The molecule has 0 aliphatic heterocycles. The lowest BCUT2D eigenvalue weighted by atomic mass is 10.2. The molecule has 5 heteroatoms. The molecule has 66 valence electrons. The molecule has 1 heterocycles. The summed E-state index contributed by atoms with van der Waals surface area (Å²) in [5.41, 5.74) is 2.12. The first-order valence-corrected chi connectivity index (χ1v) is 3.84. The van der Waals surface area contributed by atoms with Gasteiger partial charge in [-0.3, -0.25) is 9.89 Å². The monoisotopic (exact) mass is 176 g/mol. The molecule has 1 aromatic carbocycles. The molecule has 0 spiro atoms. The van der Waals surface area contributed by atoms with E-state index >= 15 is 0 Å². The third-order valence-corrected chi connectivity index (χ3v) is 1.81. The van der Waals surface area contributed by atoms with E-state index in [4.69, 9.17) is 0 Å². The molecular weight excluding hydrogens is 168 g/mol. The minimum absolute atomic E-state index is 0.114. The molecule has 0 bridgehead atoms. The Balaban J connectivity index is 2.54. The van der Waals surface area contributed by atoms with Gasteiger partial charge in [0.15, 0.2) is 0 Å². The molecule has 0 unspecified atom stereocenters. The first-order chi connectivity index (χ1) is 6.31. The van der Waals surface area contributed by atoms with E-state index in [0.717, 1.165) is 11.0 Å². The molecule has 0 aliphatic carbocycles. The van der Waals surface area contributed by atoms with Gasteiger partial charge in [-0.05, 0) is 18.2 Å². The number of nitrogens with one attached hydrogen (secondary N) is 2. The number of H-pyrrole nitrogens is 1. The molecule has 0 saturated carbocycles. The van der Waals surface area contributed by atoms with Crippen molar-refractivity contribution >= 4 is 16.9 Å². The molecule has 1 aromatic heterocycles. The zero-order valence-electron chi connectivity index (χ0n) is 7.03. The largest absolute Gasteiger partial charge is 0.355 e. The van der Waals surface area contributed by atoms with Crippen molar-refractivity contribution in [3.8, 4) is 0 Å². The number of nitrogens with zero attached hydrogens (tertiary/aromatic N) is 2. The van der Waals surface area contributed by atoms with Crippen LogP contribution < -0.4 is 5.32 Å². The fourth-order valence-corrected chi connectivity index (χ4v) is 1.13. The maximum Gasteiger partial charge on any atom is 0.251 e. The lowest BCUT2D eigenvalue weighted by Crippen LogP contribution is -2.17. The highest BCUT2D eigenvalue weighted by atomic mass is 16.1. The Morgan fingerprint density at radius 3 is 3.15 bits per heavy atom. The second-order valence-electron chi connectivity index (χ2n) is 2.62. The van der Waals surface area contributed by atoms with Crippen molar-refractivity contribution in [1.82, 2.24) is 20.7 Å². The lowest BCUT2D eigenvalue weighted by Gasteiger charge is -1.97. The van der Waals surface area contributed by atoms with Crippen LogP contribution >= 0.6 is 0 Å². The van der Waals surface area contributed by atoms with Crippen LogP contribution in [0.5, 0.6) is 0 Å². The maximum atomic E-state index is 11.2. The summed E-state index contributed by atoms with van der Waals surface area (Å²) in [7, 11) is 1.59. The predicted octanol–water partition coefficient (Wildman–Crippen LogP) is 0.317. The maximum absolute atomic E-state index is 11.2. The molecule has 2 aromatic rings. The van der Waals surface area contributed by atoms with Gasteiger partial charge in [0.1, 0.15) is 5.52 Å². The summed E-state index contributed by atoms with van der Waals surface area (Å²) in [6.07, 6.45) is 0. The van der Waals surface area contributed by atoms with Gasteiger partial charge in [-0.25, -0.2) is 0 Å². The smallest absolute Gasteiger partial charge is 0.251 e. The Kier molecular flexibility index (Phi) is 1.70. The van der Waals surface area contributed by atoms with Gasteiger partial charge >= 0.3 is 0 Å². The quantitative estimate of drug-likeness (QED) is 0.657. The molecule has 0 aliphatic rings. The number of rotatable bonds is 1. The van der Waals surface area contributed by atoms with Crippen molar-refractivity contribution in [2.45, 2.75) is 0 Å². The van der Waals surface area contributed by atoms with E-state index < -0.39 is 0 Å². The predicted molar refractivity (Wildman–Crippen MR) is 47.3 cm³/mol. The number of carbonyl (C=O) groups excluding carboxylic acids is 1. The standard InChI is InChI=1S/C8H8N4O/c1-9-8(13)5-2-3-6-7(4-5)11-12-10-6/h2-4H,1H3,(H,9,13)(H,10,11,12). The van der Waals surface area contributed by atoms with Crippen molar-refractivity contribution in [3.05, 3.63) is 23.8 Å². The minimum Gasteiger partial charge on any atom is -0.355 e. The second-order valence-corrected chi connectivity index (χ2v) is 2.62. The average molecular weight is 176 g/mol. The van der Waals surface area contributed by atoms with Crippen LogP contribution in [-0.4, -0.2) is 28.4 Å². The second kappa shape index (κ2) is 2.85. The topological polar surface area (TPSA) is 70.7 Å². The number of amides is 1. The fourth-order valence-electron chi connectivity index (χ4n) is 1.13. The molecule has 0 fully saturated rings. The zero-order valence-corrected chi connectivity index (χ0v) is 7.03. The third-order valence-electron chi connectivity index (χ3n) is 1.81. The highest BCUT2D eigenvalue weighted by Gasteiger charge is 2.04. The van der Waals surface area contributed by atoms with Crippen molar-refractivity contribution in [2.24, 2.45) is 0 Å². The summed E-state index contributed by atoms with van der Waals surface area (Å²) >= 11 is 0. The number of aromatic amines is 1. The van der Waals surface area contributed by atoms with Crippen LogP contribution in [0, 0.1) is 0 Å². The molecule has 13 heavy (non-hydrogen) atoms. The number of carbonyl (C=O) groups is 1. The fraction of sp³-hybridized carbons (Fsp3) is 0.125. The number of aromatic nitrogens is 3. The van der Waals surface area contributed by atoms with Gasteiger partial charge < -0.3 is 5.32 Å². The van der Waals surface area contributed by atoms with Gasteiger partial charge in [0, 0.05) is 12.6 Å². The van der Waals surface area contributed by atoms with Crippen LogP contribution in [0.1, 0.15) is 10.4 Å². The molecule has 1 amide bonds. The average Bonchev–Trinajstić information content (AvgIpc) is 2.63. The lowest BCUT2D eigenvalue weighted by molar-refractivity contribution is 0.0963. The van der Waals surface area contributed by atoms with Gasteiger partial charge in [0.2, 0.25) is 0 Å². The van der Waals surface area contributed by atoms with Crippen molar-refractivity contribution < 1.29 is 4.79 Å². The van der Waals surface area contributed by atoms with E-state index in [9.17, 15) is 4.79 Å². The summed E-state index contributed by atoms with van der Waals surface area (Å²) in [5.74, 6) is -0.114. The molecule has 0 radical (unpaired) electrons. The Labute approximate surface area is 74.1 Å². The SMILES string of the molecule is CNC(=O)c1ccc2nn[nH]c2c1. The normalized spacial score (nSPS) is 10.2. The highest BCUT2D eigenvalue weighted by Crippen LogP contribution is 2.09. The molecule has 0 saturated heterocycles. The van der Waals surface area contributed by atoms with Crippen LogP contribution in [0.4, 0.5) is 0 Å². The first kappa shape index (κ1) is 7.72. The van der Waals surface area contributed by atoms with Crippen LogP contribution in [0.3, 0.4) is 0 Å². The van der Waals surface area contributed by atoms with E-state index in [-0.39, 0.29) is 5.91 Å².